The molecule has 1 N–H and O–H groups in total. The van der Waals surface area contributed by atoms with Gasteiger partial charge in [0, 0.05) is 19.5 Å². The van der Waals surface area contributed by atoms with Gasteiger partial charge in [-0.15, -0.1) is 0 Å². The van der Waals surface area contributed by atoms with Crippen molar-refractivity contribution in [2.45, 2.75) is 64.3 Å². The number of nitrogens with one attached hydrogen (secondary N) is 1. The molecule has 2 rings (SSSR count). The summed E-state index contributed by atoms with van der Waals surface area (Å²) in [5, 5.41) is 3.43. The fraction of sp³-hybridized carbons (Fsp3) is 0.938. The molecule has 1 heterocycles. The molecule has 1 aliphatic heterocycles. The van der Waals surface area contributed by atoms with Gasteiger partial charge in [-0.1, -0.05) is 6.92 Å². The van der Waals surface area contributed by atoms with Crippen molar-refractivity contribution >= 4 is 5.91 Å². The Bertz CT molecular complexity index is 278. The third kappa shape index (κ3) is 4.48. The van der Waals surface area contributed by atoms with E-state index in [2.05, 4.69) is 12.2 Å². The molecular weight excluding hydrogens is 236 g/mol. The van der Waals surface area contributed by atoms with Crippen molar-refractivity contribution in [3.05, 3.63) is 0 Å². The molecule has 19 heavy (non-hydrogen) atoms. The van der Waals surface area contributed by atoms with Gasteiger partial charge in [-0.25, -0.2) is 0 Å². The van der Waals surface area contributed by atoms with Crippen LogP contribution in [-0.2, 0) is 4.79 Å². The van der Waals surface area contributed by atoms with Crippen LogP contribution in [0, 0.1) is 11.8 Å². The summed E-state index contributed by atoms with van der Waals surface area (Å²) < 4.78 is 0. The van der Waals surface area contributed by atoms with Crippen molar-refractivity contribution in [1.29, 1.82) is 0 Å². The van der Waals surface area contributed by atoms with Crippen molar-refractivity contribution in [3.8, 4) is 0 Å². The van der Waals surface area contributed by atoms with E-state index in [1.165, 1.54) is 38.5 Å². The minimum absolute atomic E-state index is 0.366. The number of hydrogen-bond acceptors (Lipinski definition) is 2. The maximum absolute atomic E-state index is 12.3. The van der Waals surface area contributed by atoms with Crippen molar-refractivity contribution < 1.29 is 4.79 Å². The van der Waals surface area contributed by atoms with Gasteiger partial charge in [0.2, 0.25) is 5.91 Å². The lowest BCUT2D eigenvalue weighted by molar-refractivity contribution is -0.133. The van der Waals surface area contributed by atoms with Gasteiger partial charge < -0.3 is 10.2 Å². The molecule has 1 aliphatic carbocycles. The minimum atomic E-state index is 0.366. The maximum atomic E-state index is 12.3. The molecule has 0 aromatic heterocycles. The van der Waals surface area contributed by atoms with Crippen LogP contribution in [0.3, 0.4) is 0 Å². The summed E-state index contributed by atoms with van der Waals surface area (Å²) in [6.07, 6.45) is 9.36. The molecule has 0 spiro atoms. The second-order valence-corrected chi connectivity index (χ2v) is 6.67. The van der Waals surface area contributed by atoms with Crippen LogP contribution >= 0.6 is 0 Å². The highest BCUT2D eigenvalue weighted by atomic mass is 16.2. The average Bonchev–Trinajstić information content (AvgIpc) is 2.46. The van der Waals surface area contributed by atoms with Crippen LogP contribution in [0.25, 0.3) is 0 Å². The molecule has 2 aliphatic rings. The van der Waals surface area contributed by atoms with Gasteiger partial charge in [0.05, 0.1) is 0 Å². The molecule has 1 atom stereocenters. The van der Waals surface area contributed by atoms with Crippen molar-refractivity contribution in [2.24, 2.45) is 11.8 Å². The lowest BCUT2D eigenvalue weighted by atomic mass is 9.86. The summed E-state index contributed by atoms with van der Waals surface area (Å²) in [7, 11) is 2.02. The van der Waals surface area contributed by atoms with Gasteiger partial charge in [0.25, 0.3) is 0 Å². The van der Waals surface area contributed by atoms with Gasteiger partial charge in [0.1, 0.15) is 0 Å². The van der Waals surface area contributed by atoms with Gasteiger partial charge >= 0.3 is 0 Å². The van der Waals surface area contributed by atoms with Gasteiger partial charge in [0.15, 0.2) is 0 Å². The van der Waals surface area contributed by atoms with E-state index in [0.717, 1.165) is 37.8 Å². The number of rotatable bonds is 4. The largest absolute Gasteiger partial charge is 0.343 e. The number of piperidine rings is 1. The first-order valence-corrected chi connectivity index (χ1v) is 8.13. The van der Waals surface area contributed by atoms with Crippen LogP contribution in [0.15, 0.2) is 0 Å². The minimum Gasteiger partial charge on any atom is -0.343 e. The molecule has 1 amide bonds. The lowest BCUT2D eigenvalue weighted by Crippen LogP contribution is -2.39. The van der Waals surface area contributed by atoms with Crippen LogP contribution < -0.4 is 5.32 Å². The fourth-order valence-corrected chi connectivity index (χ4v) is 3.51. The number of carbonyl (C=O) groups is 1. The lowest BCUT2D eigenvalue weighted by Gasteiger charge is -2.34. The summed E-state index contributed by atoms with van der Waals surface area (Å²) in [5.41, 5.74) is 0. The van der Waals surface area contributed by atoms with Crippen LogP contribution in [0.4, 0.5) is 0 Å². The number of carbonyl (C=O) groups excluding carboxylic acids is 1. The van der Waals surface area contributed by atoms with Crippen molar-refractivity contribution in [1.82, 2.24) is 10.2 Å². The highest BCUT2D eigenvalue weighted by Crippen LogP contribution is 2.27. The zero-order chi connectivity index (χ0) is 13.7. The highest BCUT2D eigenvalue weighted by molar-refractivity contribution is 5.76. The Balaban J connectivity index is 1.69. The van der Waals surface area contributed by atoms with E-state index in [1.807, 2.05) is 11.9 Å². The van der Waals surface area contributed by atoms with Gasteiger partial charge in [-0.2, -0.15) is 0 Å². The zero-order valence-corrected chi connectivity index (χ0v) is 12.7. The SMILES string of the molecule is CC1CCC(N(C)C(=O)CCC2CCCNC2)CC1. The highest BCUT2D eigenvalue weighted by Gasteiger charge is 2.25. The quantitative estimate of drug-likeness (QED) is 0.848. The normalized spacial score (nSPS) is 32.0. The summed E-state index contributed by atoms with van der Waals surface area (Å²) in [6, 6.07) is 0.508. The molecule has 0 aromatic rings. The zero-order valence-electron chi connectivity index (χ0n) is 12.7. The van der Waals surface area contributed by atoms with Gasteiger partial charge in [-0.3, -0.25) is 4.79 Å². The fourth-order valence-electron chi connectivity index (χ4n) is 3.51. The molecule has 110 valence electrons. The molecule has 1 saturated carbocycles. The smallest absolute Gasteiger partial charge is 0.222 e. The molecule has 0 bridgehead atoms. The van der Waals surface area contributed by atoms with E-state index >= 15 is 0 Å². The second-order valence-electron chi connectivity index (χ2n) is 6.67. The standard InChI is InChI=1S/C16H30N2O/c1-13-5-8-15(9-6-13)18(2)16(19)10-7-14-4-3-11-17-12-14/h13-15,17H,3-12H2,1-2H3. The Morgan fingerprint density at radius 1 is 1.21 bits per heavy atom. The molecule has 2 fully saturated rings. The molecule has 3 nitrogen and oxygen atoms in total. The van der Waals surface area contributed by atoms with E-state index < -0.39 is 0 Å². The first kappa shape index (κ1) is 14.8. The first-order chi connectivity index (χ1) is 9.16. The molecular formula is C16H30N2O. The Morgan fingerprint density at radius 3 is 2.58 bits per heavy atom. The molecule has 3 heteroatoms. The van der Waals surface area contributed by atoms with Crippen LogP contribution in [-0.4, -0.2) is 37.0 Å². The predicted octanol–water partition coefficient (Wildman–Crippen LogP) is 2.80. The summed E-state index contributed by atoms with van der Waals surface area (Å²) in [4.78, 5) is 14.3. The van der Waals surface area contributed by atoms with Gasteiger partial charge in [-0.05, 0) is 69.9 Å². The van der Waals surface area contributed by atoms with Crippen LogP contribution in [0.2, 0.25) is 0 Å². The van der Waals surface area contributed by atoms with E-state index in [9.17, 15) is 4.79 Å². The topological polar surface area (TPSA) is 32.3 Å². The molecule has 1 saturated heterocycles. The van der Waals surface area contributed by atoms with Crippen LogP contribution in [0.5, 0.6) is 0 Å². The summed E-state index contributed by atoms with van der Waals surface area (Å²) in [5.74, 6) is 1.94. The second kappa shape index (κ2) is 7.28. The number of amides is 1. The Hall–Kier alpha value is -0.570. The van der Waals surface area contributed by atoms with Crippen molar-refractivity contribution in [2.75, 3.05) is 20.1 Å². The average molecular weight is 266 g/mol. The third-order valence-corrected chi connectivity index (χ3v) is 5.09. The Kier molecular flexibility index (Phi) is 5.68. The predicted molar refractivity (Wildman–Crippen MR) is 79.0 cm³/mol. The summed E-state index contributed by atoms with van der Waals surface area (Å²) in [6.45, 7) is 4.59. The van der Waals surface area contributed by atoms with E-state index in [-0.39, 0.29) is 0 Å². The molecule has 0 aromatic carbocycles. The van der Waals surface area contributed by atoms with E-state index in [0.29, 0.717) is 11.9 Å². The van der Waals surface area contributed by atoms with Crippen LogP contribution in [0.1, 0.15) is 58.3 Å². The first-order valence-electron chi connectivity index (χ1n) is 8.13. The number of nitrogens with zero attached hydrogens (tertiary/aromatic N) is 1. The van der Waals surface area contributed by atoms with Crippen molar-refractivity contribution in [3.63, 3.8) is 0 Å². The molecule has 1 unspecified atom stereocenters. The third-order valence-electron chi connectivity index (χ3n) is 5.09. The monoisotopic (exact) mass is 266 g/mol. The van der Waals surface area contributed by atoms with E-state index in [1.54, 1.807) is 0 Å². The Morgan fingerprint density at radius 2 is 1.95 bits per heavy atom. The number of hydrogen-bond donors (Lipinski definition) is 1. The maximum Gasteiger partial charge on any atom is 0.222 e. The Labute approximate surface area is 118 Å². The van der Waals surface area contributed by atoms with E-state index in [4.69, 9.17) is 0 Å². The molecule has 0 radical (unpaired) electrons. The summed E-state index contributed by atoms with van der Waals surface area (Å²) >= 11 is 0.